The van der Waals surface area contributed by atoms with Crippen molar-refractivity contribution in [2.45, 2.75) is 19.9 Å². The van der Waals surface area contributed by atoms with E-state index < -0.39 is 0 Å². The van der Waals surface area contributed by atoms with E-state index in [1.807, 2.05) is 25.1 Å². The quantitative estimate of drug-likeness (QED) is 0.891. The molecule has 0 bridgehead atoms. The molecule has 0 unspecified atom stereocenters. The maximum absolute atomic E-state index is 12.3. The highest BCUT2D eigenvalue weighted by Gasteiger charge is 2.28. The van der Waals surface area contributed by atoms with Crippen LogP contribution in [-0.4, -0.2) is 23.0 Å². The Kier molecular flexibility index (Phi) is 5.16. The lowest BCUT2D eigenvalue weighted by Crippen LogP contribution is -2.24. The lowest BCUT2D eigenvalue weighted by atomic mass is 10.1. The predicted molar refractivity (Wildman–Crippen MR) is 86.6 cm³/mol. The van der Waals surface area contributed by atoms with Gasteiger partial charge < -0.3 is 11.1 Å². The molecule has 0 atom stereocenters. The Morgan fingerprint density at radius 1 is 1.48 bits per heavy atom. The summed E-state index contributed by atoms with van der Waals surface area (Å²) in [4.78, 5) is 20.9. The Morgan fingerprint density at radius 3 is 2.81 bits per heavy atom. The van der Waals surface area contributed by atoms with Crippen molar-refractivity contribution in [3.05, 3.63) is 52.3 Å². The van der Waals surface area contributed by atoms with E-state index in [9.17, 15) is 4.79 Å². The van der Waals surface area contributed by atoms with E-state index >= 15 is 0 Å². The van der Waals surface area contributed by atoms with Crippen molar-refractivity contribution in [3.8, 4) is 0 Å². The largest absolute Gasteiger partial charge is 0.397 e. The van der Waals surface area contributed by atoms with Gasteiger partial charge in [0.15, 0.2) is 0 Å². The van der Waals surface area contributed by atoms with E-state index in [4.69, 9.17) is 5.73 Å². The van der Waals surface area contributed by atoms with Gasteiger partial charge in [-0.15, -0.1) is 0 Å². The van der Waals surface area contributed by atoms with Crippen molar-refractivity contribution in [1.82, 2.24) is 10.3 Å². The van der Waals surface area contributed by atoms with Gasteiger partial charge in [-0.2, -0.15) is 0 Å². The predicted octanol–water partition coefficient (Wildman–Crippen LogP) is 1.98. The van der Waals surface area contributed by atoms with Crippen molar-refractivity contribution in [2.24, 2.45) is 10.7 Å². The molecule has 1 aliphatic heterocycles. The minimum absolute atomic E-state index is 0.171. The fraction of sp³-hybridized carbons (Fsp3) is 0.267. The van der Waals surface area contributed by atoms with E-state index in [2.05, 4.69) is 15.3 Å². The third-order valence-electron chi connectivity index (χ3n) is 2.98. The van der Waals surface area contributed by atoms with Gasteiger partial charge in [-0.05, 0) is 24.1 Å². The molecule has 21 heavy (non-hydrogen) atoms. The Morgan fingerprint density at radius 2 is 2.19 bits per heavy atom. The maximum Gasteiger partial charge on any atom is 0.260 e. The molecule has 1 aromatic rings. The van der Waals surface area contributed by atoms with Crippen LogP contribution in [0, 0.1) is 0 Å². The van der Waals surface area contributed by atoms with Gasteiger partial charge >= 0.3 is 0 Å². The lowest BCUT2D eigenvalue weighted by molar-refractivity contribution is -0.117. The minimum Gasteiger partial charge on any atom is -0.397 e. The number of nitrogens with two attached hydrogens (primary N) is 1. The normalized spacial score (nSPS) is 18.6. The summed E-state index contributed by atoms with van der Waals surface area (Å²) in [5, 5.41) is 3.67. The Bertz CT molecular complexity index is 620. The van der Waals surface area contributed by atoms with Gasteiger partial charge in [-0.25, -0.2) is 0 Å². The van der Waals surface area contributed by atoms with Crippen LogP contribution in [0.25, 0.3) is 0 Å². The SMILES string of the molecule is CC/C=C1/C(N)=C(C(=O)NCc2ccncc2)S/C1=N/C. The first kappa shape index (κ1) is 15.3. The van der Waals surface area contributed by atoms with Gasteiger partial charge in [0.1, 0.15) is 9.95 Å². The number of amides is 1. The van der Waals surface area contributed by atoms with Crippen molar-refractivity contribution < 1.29 is 4.79 Å². The topological polar surface area (TPSA) is 80.4 Å². The van der Waals surface area contributed by atoms with Gasteiger partial charge in [-0.1, -0.05) is 24.8 Å². The molecule has 1 aromatic heterocycles. The van der Waals surface area contributed by atoms with Crippen molar-refractivity contribution in [1.29, 1.82) is 0 Å². The summed E-state index contributed by atoms with van der Waals surface area (Å²) in [6, 6.07) is 3.72. The summed E-state index contributed by atoms with van der Waals surface area (Å²) in [7, 11) is 1.71. The van der Waals surface area contributed by atoms with Crippen LogP contribution in [0.5, 0.6) is 0 Å². The molecule has 6 heteroatoms. The average Bonchev–Trinajstić information content (AvgIpc) is 2.83. The highest BCUT2D eigenvalue weighted by atomic mass is 32.2. The monoisotopic (exact) mass is 302 g/mol. The minimum atomic E-state index is -0.171. The Labute approximate surface area is 128 Å². The molecule has 2 heterocycles. The van der Waals surface area contributed by atoms with Gasteiger partial charge in [-0.3, -0.25) is 14.8 Å². The first-order valence-corrected chi connectivity index (χ1v) is 7.51. The number of hydrogen-bond donors (Lipinski definition) is 2. The lowest BCUT2D eigenvalue weighted by Gasteiger charge is -2.05. The molecule has 1 amide bonds. The number of allylic oxidation sites excluding steroid dienone is 2. The summed E-state index contributed by atoms with van der Waals surface area (Å²) in [5.74, 6) is -0.171. The van der Waals surface area contributed by atoms with Crippen LogP contribution in [0.15, 0.2) is 51.8 Å². The summed E-state index contributed by atoms with van der Waals surface area (Å²) < 4.78 is 0. The number of carbonyl (C=O) groups excluding carboxylic acids is 1. The maximum atomic E-state index is 12.3. The van der Waals surface area contributed by atoms with Gasteiger partial charge in [0.25, 0.3) is 5.91 Å². The van der Waals surface area contributed by atoms with Crippen LogP contribution in [0.2, 0.25) is 0 Å². The van der Waals surface area contributed by atoms with Crippen LogP contribution >= 0.6 is 11.8 Å². The zero-order valence-corrected chi connectivity index (χ0v) is 12.9. The van der Waals surface area contributed by atoms with E-state index in [1.54, 1.807) is 19.4 Å². The molecule has 2 rings (SSSR count). The second-order valence-corrected chi connectivity index (χ2v) is 5.44. The van der Waals surface area contributed by atoms with Crippen molar-refractivity contribution in [2.75, 3.05) is 7.05 Å². The summed E-state index contributed by atoms with van der Waals surface area (Å²) >= 11 is 1.32. The number of hydrogen-bond acceptors (Lipinski definition) is 5. The highest BCUT2D eigenvalue weighted by Crippen LogP contribution is 2.35. The average molecular weight is 302 g/mol. The third kappa shape index (κ3) is 3.52. The van der Waals surface area contributed by atoms with E-state index in [1.165, 1.54) is 11.8 Å². The van der Waals surface area contributed by atoms with Crippen LogP contribution in [-0.2, 0) is 11.3 Å². The fourth-order valence-corrected chi connectivity index (χ4v) is 2.92. The van der Waals surface area contributed by atoms with E-state index in [-0.39, 0.29) is 5.91 Å². The molecule has 110 valence electrons. The molecule has 5 nitrogen and oxygen atoms in total. The second-order valence-electron chi connectivity index (χ2n) is 4.44. The fourth-order valence-electron chi connectivity index (χ4n) is 1.94. The summed E-state index contributed by atoms with van der Waals surface area (Å²) in [6.45, 7) is 2.48. The number of carbonyl (C=O) groups is 1. The number of thioether (sulfide) groups is 1. The van der Waals surface area contributed by atoms with Gasteiger partial charge in [0, 0.05) is 31.6 Å². The number of aromatic nitrogens is 1. The molecule has 1 aliphatic rings. The number of rotatable bonds is 4. The first-order valence-electron chi connectivity index (χ1n) is 6.69. The van der Waals surface area contributed by atoms with E-state index in [0.717, 1.165) is 22.6 Å². The van der Waals surface area contributed by atoms with Crippen LogP contribution in [0.1, 0.15) is 18.9 Å². The Balaban J connectivity index is 2.10. The van der Waals surface area contributed by atoms with Crippen molar-refractivity contribution in [3.63, 3.8) is 0 Å². The first-order chi connectivity index (χ1) is 10.2. The number of pyridine rings is 1. The molecule has 0 aliphatic carbocycles. The molecule has 0 aromatic carbocycles. The smallest absolute Gasteiger partial charge is 0.260 e. The number of aliphatic imine (C=N–C) groups is 1. The Hall–Kier alpha value is -2.08. The molecule has 0 saturated carbocycles. The van der Waals surface area contributed by atoms with Crippen LogP contribution in [0.4, 0.5) is 0 Å². The number of nitrogens with one attached hydrogen (secondary N) is 1. The second kappa shape index (κ2) is 7.08. The zero-order chi connectivity index (χ0) is 15.2. The van der Waals surface area contributed by atoms with Crippen LogP contribution in [0.3, 0.4) is 0 Å². The molecule has 0 fully saturated rings. The molecule has 0 saturated heterocycles. The molecule has 0 spiro atoms. The highest BCUT2D eigenvalue weighted by molar-refractivity contribution is 8.19. The van der Waals surface area contributed by atoms with Crippen LogP contribution < -0.4 is 11.1 Å². The molecule has 0 radical (unpaired) electrons. The number of nitrogens with zero attached hydrogens (tertiary/aromatic N) is 2. The van der Waals surface area contributed by atoms with Crippen molar-refractivity contribution >= 4 is 22.7 Å². The van der Waals surface area contributed by atoms with Gasteiger partial charge in [0.05, 0.1) is 5.70 Å². The standard InChI is InChI=1S/C15H18N4OS/c1-3-4-11-12(16)13(21-15(11)17-2)14(20)19-9-10-5-7-18-8-6-10/h4-8H,3,9,16H2,1-2H3,(H,19,20)/b11-4-,17-15+. The zero-order valence-electron chi connectivity index (χ0n) is 12.1. The summed E-state index contributed by atoms with van der Waals surface area (Å²) in [5.41, 5.74) is 8.45. The van der Waals surface area contributed by atoms with Gasteiger partial charge in [0.2, 0.25) is 0 Å². The molecular weight excluding hydrogens is 284 g/mol. The third-order valence-corrected chi connectivity index (χ3v) is 4.19. The molecule has 3 N–H and O–H groups in total. The summed E-state index contributed by atoms with van der Waals surface area (Å²) in [6.07, 6.45) is 6.24. The van der Waals surface area contributed by atoms with E-state index in [0.29, 0.717) is 17.1 Å². The molecular formula is C15H18N4OS.